The summed E-state index contributed by atoms with van der Waals surface area (Å²) in [4.78, 5) is 12.5. The number of amides is 1. The van der Waals surface area contributed by atoms with Crippen LogP contribution in [0.4, 0.5) is 0 Å². The van der Waals surface area contributed by atoms with Crippen molar-refractivity contribution >= 4 is 5.91 Å². The van der Waals surface area contributed by atoms with Crippen LogP contribution in [0.25, 0.3) is 0 Å². The lowest BCUT2D eigenvalue weighted by Gasteiger charge is -2.35. The molecule has 2 aliphatic carbocycles. The summed E-state index contributed by atoms with van der Waals surface area (Å²) >= 11 is 0. The van der Waals surface area contributed by atoms with E-state index >= 15 is 0 Å². The fourth-order valence-corrected chi connectivity index (χ4v) is 3.95. The summed E-state index contributed by atoms with van der Waals surface area (Å²) in [7, 11) is 0. The minimum absolute atomic E-state index is 0.226. The van der Waals surface area contributed by atoms with Crippen molar-refractivity contribution in [2.45, 2.75) is 71.1 Å². The molecule has 0 aromatic rings. The topological polar surface area (TPSA) is 55.1 Å². The highest BCUT2D eigenvalue weighted by Gasteiger charge is 2.37. The molecular weight excluding hydrogens is 248 g/mol. The smallest absolute Gasteiger partial charge is 0.227 e. The van der Waals surface area contributed by atoms with E-state index < -0.39 is 0 Å². The molecule has 2 saturated carbocycles. The second-order valence-electron chi connectivity index (χ2n) is 7.22. The van der Waals surface area contributed by atoms with E-state index in [0.29, 0.717) is 6.54 Å². The Kier molecular flexibility index (Phi) is 5.88. The van der Waals surface area contributed by atoms with Crippen molar-refractivity contribution in [1.82, 2.24) is 5.32 Å². The van der Waals surface area contributed by atoms with E-state index in [1.54, 1.807) is 0 Å². The third kappa shape index (κ3) is 3.97. The van der Waals surface area contributed by atoms with Crippen molar-refractivity contribution < 1.29 is 4.79 Å². The van der Waals surface area contributed by atoms with Gasteiger partial charge in [-0.05, 0) is 31.1 Å². The molecule has 2 fully saturated rings. The molecule has 3 nitrogen and oxygen atoms in total. The highest BCUT2D eigenvalue weighted by molar-refractivity contribution is 5.82. The first-order valence-corrected chi connectivity index (χ1v) is 8.65. The third-order valence-corrected chi connectivity index (χ3v) is 5.66. The van der Waals surface area contributed by atoms with E-state index in [1.165, 1.54) is 32.1 Å². The average Bonchev–Trinajstić information content (AvgIpc) is 2.50. The Bertz CT molecular complexity index is 302. The molecule has 0 atom stereocenters. The van der Waals surface area contributed by atoms with Crippen molar-refractivity contribution in [3.63, 3.8) is 0 Å². The predicted molar refractivity (Wildman–Crippen MR) is 83.3 cm³/mol. The van der Waals surface area contributed by atoms with Crippen LogP contribution in [0.1, 0.15) is 71.1 Å². The maximum absolute atomic E-state index is 12.5. The minimum Gasteiger partial charge on any atom is -0.356 e. The molecule has 2 rings (SSSR count). The largest absolute Gasteiger partial charge is 0.356 e. The quantitative estimate of drug-likeness (QED) is 0.812. The van der Waals surface area contributed by atoms with E-state index in [2.05, 4.69) is 12.2 Å². The van der Waals surface area contributed by atoms with Crippen LogP contribution in [-0.2, 0) is 4.79 Å². The lowest BCUT2D eigenvalue weighted by molar-refractivity contribution is -0.132. The van der Waals surface area contributed by atoms with Crippen molar-refractivity contribution in [3.05, 3.63) is 0 Å². The van der Waals surface area contributed by atoms with Gasteiger partial charge in [-0.1, -0.05) is 51.9 Å². The highest BCUT2D eigenvalue weighted by Crippen LogP contribution is 2.35. The van der Waals surface area contributed by atoms with E-state index in [0.717, 1.165) is 50.5 Å². The molecule has 0 aliphatic heterocycles. The lowest BCUT2D eigenvalue weighted by atomic mass is 9.73. The van der Waals surface area contributed by atoms with Gasteiger partial charge in [0.2, 0.25) is 5.91 Å². The van der Waals surface area contributed by atoms with E-state index in [4.69, 9.17) is 5.73 Å². The molecule has 0 heterocycles. The van der Waals surface area contributed by atoms with Crippen LogP contribution >= 0.6 is 0 Å². The number of rotatable bonds is 5. The molecule has 2 aliphatic rings. The maximum atomic E-state index is 12.5. The van der Waals surface area contributed by atoms with Crippen LogP contribution in [0.2, 0.25) is 0 Å². The summed E-state index contributed by atoms with van der Waals surface area (Å²) in [5.74, 6) is 1.96. The zero-order valence-electron chi connectivity index (χ0n) is 13.1. The average molecular weight is 280 g/mol. The van der Waals surface area contributed by atoms with E-state index in [9.17, 15) is 4.79 Å². The van der Waals surface area contributed by atoms with Crippen molar-refractivity contribution in [1.29, 1.82) is 0 Å². The molecule has 0 radical (unpaired) electrons. The summed E-state index contributed by atoms with van der Waals surface area (Å²) < 4.78 is 0. The number of carbonyl (C=O) groups excluding carboxylic acids is 1. The van der Waals surface area contributed by atoms with Gasteiger partial charge in [0.25, 0.3) is 0 Å². The van der Waals surface area contributed by atoms with Crippen molar-refractivity contribution in [3.8, 4) is 0 Å². The van der Waals surface area contributed by atoms with Crippen LogP contribution in [0, 0.1) is 17.3 Å². The Hall–Kier alpha value is -0.570. The van der Waals surface area contributed by atoms with E-state index in [1.807, 2.05) is 0 Å². The molecule has 3 N–H and O–H groups in total. The monoisotopic (exact) mass is 280 g/mol. The van der Waals surface area contributed by atoms with Crippen LogP contribution in [0.5, 0.6) is 0 Å². The Morgan fingerprint density at radius 1 is 1.15 bits per heavy atom. The number of hydrogen-bond donors (Lipinski definition) is 2. The van der Waals surface area contributed by atoms with Gasteiger partial charge in [-0.3, -0.25) is 4.79 Å². The SMILES string of the molecule is CC1CCC(CCNC(=O)C2(CN)CCCCC2)CC1. The summed E-state index contributed by atoms with van der Waals surface area (Å²) in [5.41, 5.74) is 5.66. The molecule has 0 saturated heterocycles. The second kappa shape index (κ2) is 7.44. The first-order chi connectivity index (χ1) is 9.66. The Morgan fingerprint density at radius 3 is 2.40 bits per heavy atom. The summed E-state index contributed by atoms with van der Waals surface area (Å²) in [6.07, 6.45) is 12.1. The third-order valence-electron chi connectivity index (χ3n) is 5.66. The first-order valence-electron chi connectivity index (χ1n) is 8.65. The summed E-state index contributed by atoms with van der Waals surface area (Å²) in [6, 6.07) is 0. The highest BCUT2D eigenvalue weighted by atomic mass is 16.2. The lowest BCUT2D eigenvalue weighted by Crippen LogP contribution is -2.47. The molecule has 116 valence electrons. The standard InChI is InChI=1S/C17H32N2O/c1-14-5-7-15(8-6-14)9-12-19-16(20)17(13-18)10-3-2-4-11-17/h14-15H,2-13,18H2,1H3,(H,19,20). The Morgan fingerprint density at radius 2 is 1.80 bits per heavy atom. The van der Waals surface area contributed by atoms with Gasteiger partial charge in [0.05, 0.1) is 5.41 Å². The fraction of sp³-hybridized carbons (Fsp3) is 0.941. The van der Waals surface area contributed by atoms with Gasteiger partial charge in [0, 0.05) is 13.1 Å². The first kappa shape index (κ1) is 15.8. The maximum Gasteiger partial charge on any atom is 0.227 e. The second-order valence-corrected chi connectivity index (χ2v) is 7.22. The van der Waals surface area contributed by atoms with Gasteiger partial charge in [0.15, 0.2) is 0 Å². The van der Waals surface area contributed by atoms with Gasteiger partial charge in [0.1, 0.15) is 0 Å². The zero-order valence-corrected chi connectivity index (χ0v) is 13.1. The number of nitrogens with two attached hydrogens (primary N) is 1. The molecule has 0 aromatic carbocycles. The van der Waals surface area contributed by atoms with Gasteiger partial charge in [-0.15, -0.1) is 0 Å². The molecule has 3 heteroatoms. The number of nitrogens with one attached hydrogen (secondary N) is 1. The molecule has 20 heavy (non-hydrogen) atoms. The molecule has 1 amide bonds. The number of hydrogen-bond acceptors (Lipinski definition) is 2. The van der Waals surface area contributed by atoms with Gasteiger partial charge < -0.3 is 11.1 Å². The molecule has 0 aromatic heterocycles. The minimum atomic E-state index is -0.251. The van der Waals surface area contributed by atoms with Crippen molar-refractivity contribution in [2.24, 2.45) is 23.0 Å². The summed E-state index contributed by atoms with van der Waals surface area (Å²) in [5, 5.41) is 3.18. The van der Waals surface area contributed by atoms with Crippen LogP contribution < -0.4 is 11.1 Å². The summed E-state index contributed by atoms with van der Waals surface area (Å²) in [6.45, 7) is 3.71. The predicted octanol–water partition coefficient (Wildman–Crippen LogP) is 3.23. The van der Waals surface area contributed by atoms with Gasteiger partial charge in [-0.2, -0.15) is 0 Å². The molecule has 0 unspecified atom stereocenters. The molecular formula is C17H32N2O. The Labute approximate surface area is 124 Å². The molecule has 0 spiro atoms. The Balaban J connectivity index is 1.71. The number of carbonyl (C=O) groups is 1. The molecule has 0 bridgehead atoms. The van der Waals surface area contributed by atoms with Crippen molar-refractivity contribution in [2.75, 3.05) is 13.1 Å². The van der Waals surface area contributed by atoms with Gasteiger partial charge >= 0.3 is 0 Å². The zero-order chi connectivity index (χ0) is 14.4. The normalized spacial score (nSPS) is 29.9. The van der Waals surface area contributed by atoms with Gasteiger partial charge in [-0.25, -0.2) is 0 Å². The van der Waals surface area contributed by atoms with Crippen LogP contribution in [0.3, 0.4) is 0 Å². The van der Waals surface area contributed by atoms with Crippen LogP contribution in [0.15, 0.2) is 0 Å². The van der Waals surface area contributed by atoms with Crippen LogP contribution in [-0.4, -0.2) is 19.0 Å². The fourth-order valence-electron chi connectivity index (χ4n) is 3.95. The van der Waals surface area contributed by atoms with E-state index in [-0.39, 0.29) is 11.3 Å².